The Bertz CT molecular complexity index is 1490. The lowest BCUT2D eigenvalue weighted by molar-refractivity contribution is -0.281. The van der Waals surface area contributed by atoms with Crippen molar-refractivity contribution in [1.82, 2.24) is 19.1 Å². The number of hydrogen-bond acceptors (Lipinski definition) is 7. The van der Waals surface area contributed by atoms with Crippen LogP contribution in [-0.4, -0.2) is 26.2 Å². The van der Waals surface area contributed by atoms with Crippen LogP contribution < -0.4 is 37.1 Å². The number of unbranched alkanes of at least 4 members (excludes halogenated alkanes) is 2. The summed E-state index contributed by atoms with van der Waals surface area (Å²) in [6.45, 7) is 4.11. The summed E-state index contributed by atoms with van der Waals surface area (Å²) in [7, 11) is 1.42. The highest BCUT2D eigenvalue weighted by atomic mass is 16.5. The number of ether oxygens (including phenoxy) is 2. The van der Waals surface area contributed by atoms with Gasteiger partial charge in [-0.25, -0.2) is 9.59 Å². The minimum absolute atomic E-state index is 0.0512. The predicted molar refractivity (Wildman–Crippen MR) is 126 cm³/mol. The number of fused-ring (bicyclic) bond motifs is 2. The standard InChI is InChI=1S/C24H28N4O7/c1-4-6-11-27-21(30)16(19(29)25-23(27)32)15-13-9-8-10-14(34-3)18(13)35-20-17(15)22(31)28(12-7-5-2)24(33)26-20/h8-10,15,30H,4-7,11-12H2,1-3H3,(H,26,33)(H,25,29,32)/p-1. The Kier molecular flexibility index (Phi) is 6.68. The lowest BCUT2D eigenvalue weighted by Crippen LogP contribution is -2.42. The highest BCUT2D eigenvalue weighted by molar-refractivity contribution is 5.61. The average Bonchev–Trinajstić information content (AvgIpc) is 2.82. The van der Waals surface area contributed by atoms with E-state index >= 15 is 0 Å². The van der Waals surface area contributed by atoms with Gasteiger partial charge in [-0.2, -0.15) is 0 Å². The van der Waals surface area contributed by atoms with Crippen molar-refractivity contribution in [2.45, 2.75) is 58.5 Å². The molecule has 35 heavy (non-hydrogen) atoms. The second kappa shape index (κ2) is 9.69. The lowest BCUT2D eigenvalue weighted by atomic mass is 9.84. The van der Waals surface area contributed by atoms with Gasteiger partial charge < -0.3 is 19.1 Å². The Labute approximate surface area is 199 Å². The molecule has 1 aromatic carbocycles. The van der Waals surface area contributed by atoms with E-state index in [1.54, 1.807) is 18.2 Å². The molecule has 4 rings (SSSR count). The zero-order valence-electron chi connectivity index (χ0n) is 19.8. The monoisotopic (exact) mass is 483 g/mol. The molecule has 186 valence electrons. The van der Waals surface area contributed by atoms with Crippen molar-refractivity contribution in [3.63, 3.8) is 0 Å². The fraction of sp³-hybridized carbons (Fsp3) is 0.417. The number of aromatic amines is 2. The van der Waals surface area contributed by atoms with Gasteiger partial charge >= 0.3 is 11.4 Å². The van der Waals surface area contributed by atoms with E-state index < -0.39 is 34.3 Å². The lowest BCUT2D eigenvalue weighted by Gasteiger charge is -2.31. The van der Waals surface area contributed by atoms with Crippen LogP contribution in [0.2, 0.25) is 0 Å². The number of hydrogen-bond donors (Lipinski definition) is 2. The van der Waals surface area contributed by atoms with Gasteiger partial charge in [-0.05, 0) is 24.8 Å². The number of nitrogens with one attached hydrogen (secondary N) is 2. The van der Waals surface area contributed by atoms with Crippen LogP contribution in [0.1, 0.15) is 62.1 Å². The Balaban J connectivity index is 2.09. The summed E-state index contributed by atoms with van der Waals surface area (Å²) < 4.78 is 13.3. The van der Waals surface area contributed by atoms with Gasteiger partial charge in [0.2, 0.25) is 5.88 Å². The van der Waals surface area contributed by atoms with Crippen molar-refractivity contribution in [3.8, 4) is 23.3 Å². The molecule has 1 unspecified atom stereocenters. The maximum atomic E-state index is 13.6. The first kappa shape index (κ1) is 24.1. The van der Waals surface area contributed by atoms with Crippen LogP contribution in [0.3, 0.4) is 0 Å². The first-order valence-electron chi connectivity index (χ1n) is 11.6. The molecule has 0 amide bonds. The molecule has 11 heteroatoms. The summed E-state index contributed by atoms with van der Waals surface area (Å²) in [5, 5.41) is 13.5. The number of para-hydroxylation sites is 1. The van der Waals surface area contributed by atoms with E-state index in [4.69, 9.17) is 9.47 Å². The summed E-state index contributed by atoms with van der Waals surface area (Å²) >= 11 is 0. The number of rotatable bonds is 8. The van der Waals surface area contributed by atoms with E-state index in [0.717, 1.165) is 22.0 Å². The molecule has 0 saturated carbocycles. The topological polar surface area (TPSA) is 151 Å². The van der Waals surface area contributed by atoms with Crippen molar-refractivity contribution in [2.75, 3.05) is 7.11 Å². The highest BCUT2D eigenvalue weighted by Gasteiger charge is 2.37. The molecule has 2 aromatic heterocycles. The SMILES string of the molecule is CCCCn1c([O-])c(C2c3cccc(OC)c3Oc3[nH]c(=O)n(CCCC)c(=O)c32)c(=O)[nH]c1=O. The fourth-order valence-electron chi connectivity index (χ4n) is 4.35. The van der Waals surface area contributed by atoms with Crippen molar-refractivity contribution in [2.24, 2.45) is 0 Å². The number of nitrogens with zero attached hydrogens (tertiary/aromatic N) is 2. The first-order valence-corrected chi connectivity index (χ1v) is 11.6. The molecule has 0 bridgehead atoms. The number of benzene rings is 1. The normalized spacial score (nSPS) is 14.2. The second-order valence-corrected chi connectivity index (χ2v) is 8.38. The minimum Gasteiger partial charge on any atom is -0.860 e. The minimum atomic E-state index is -1.19. The first-order chi connectivity index (χ1) is 16.8. The van der Waals surface area contributed by atoms with Crippen LogP contribution in [-0.2, 0) is 13.1 Å². The van der Waals surface area contributed by atoms with Crippen LogP contribution in [0.15, 0.2) is 37.4 Å². The second-order valence-electron chi connectivity index (χ2n) is 8.38. The molecule has 1 aliphatic heterocycles. The van der Waals surface area contributed by atoms with E-state index in [1.807, 2.05) is 13.8 Å². The Hall–Kier alpha value is -4.02. The zero-order valence-corrected chi connectivity index (χ0v) is 19.8. The summed E-state index contributed by atoms with van der Waals surface area (Å²) in [6.07, 6.45) is 2.60. The van der Waals surface area contributed by atoms with Crippen LogP contribution in [0, 0.1) is 0 Å². The van der Waals surface area contributed by atoms with Gasteiger partial charge in [0.05, 0.1) is 18.6 Å². The van der Waals surface area contributed by atoms with Gasteiger partial charge in [-0.1, -0.05) is 38.8 Å². The molecular weight excluding hydrogens is 456 g/mol. The molecule has 0 fully saturated rings. The average molecular weight is 484 g/mol. The Morgan fingerprint density at radius 1 is 0.971 bits per heavy atom. The molecule has 2 N–H and O–H groups in total. The van der Waals surface area contributed by atoms with Crippen molar-refractivity contribution in [3.05, 3.63) is 76.6 Å². The molecule has 1 aliphatic rings. The highest BCUT2D eigenvalue weighted by Crippen LogP contribution is 2.48. The van der Waals surface area contributed by atoms with Crippen LogP contribution >= 0.6 is 0 Å². The number of H-pyrrole nitrogens is 2. The third-order valence-corrected chi connectivity index (χ3v) is 6.16. The Morgan fingerprint density at radius 2 is 1.63 bits per heavy atom. The van der Waals surface area contributed by atoms with Gasteiger partial charge in [0.25, 0.3) is 11.1 Å². The van der Waals surface area contributed by atoms with E-state index in [2.05, 4.69) is 9.97 Å². The van der Waals surface area contributed by atoms with Gasteiger partial charge in [0, 0.05) is 24.2 Å². The van der Waals surface area contributed by atoms with E-state index in [9.17, 15) is 24.3 Å². The molecule has 0 spiro atoms. The van der Waals surface area contributed by atoms with Gasteiger partial charge in [0.1, 0.15) is 0 Å². The summed E-state index contributed by atoms with van der Waals surface area (Å²) in [5.74, 6) is -1.69. The van der Waals surface area contributed by atoms with Crippen molar-refractivity contribution < 1.29 is 14.6 Å². The molecule has 3 heterocycles. The van der Waals surface area contributed by atoms with Crippen molar-refractivity contribution in [1.29, 1.82) is 0 Å². The van der Waals surface area contributed by atoms with Gasteiger partial charge in [0.15, 0.2) is 11.5 Å². The van der Waals surface area contributed by atoms with E-state index in [0.29, 0.717) is 18.4 Å². The summed E-state index contributed by atoms with van der Waals surface area (Å²) in [4.78, 5) is 56.6. The quantitative estimate of drug-likeness (QED) is 0.384. The molecule has 0 radical (unpaired) electrons. The van der Waals surface area contributed by atoms with Gasteiger partial charge in [-0.3, -0.25) is 24.1 Å². The molecule has 0 saturated heterocycles. The third kappa shape index (κ3) is 4.07. The van der Waals surface area contributed by atoms with Crippen LogP contribution in [0.4, 0.5) is 0 Å². The van der Waals surface area contributed by atoms with Crippen LogP contribution in [0.25, 0.3) is 0 Å². The van der Waals surface area contributed by atoms with Crippen LogP contribution in [0.5, 0.6) is 23.3 Å². The molecule has 11 nitrogen and oxygen atoms in total. The molecular formula is C24H27N4O7-. The van der Waals surface area contributed by atoms with E-state index in [1.165, 1.54) is 7.11 Å². The summed E-state index contributed by atoms with van der Waals surface area (Å²) in [6, 6.07) is 4.88. The Morgan fingerprint density at radius 3 is 2.29 bits per heavy atom. The van der Waals surface area contributed by atoms with Crippen molar-refractivity contribution >= 4 is 0 Å². The van der Waals surface area contributed by atoms with E-state index in [-0.39, 0.29) is 41.6 Å². The maximum absolute atomic E-state index is 13.6. The third-order valence-electron chi connectivity index (χ3n) is 6.16. The molecule has 1 atom stereocenters. The number of aromatic nitrogens is 4. The predicted octanol–water partition coefficient (Wildman–Crippen LogP) is 1.35. The van der Waals surface area contributed by atoms with Gasteiger partial charge in [-0.15, -0.1) is 0 Å². The zero-order chi connectivity index (χ0) is 25.3. The molecule has 3 aromatic rings. The molecule has 0 aliphatic carbocycles. The smallest absolute Gasteiger partial charge is 0.331 e. The summed E-state index contributed by atoms with van der Waals surface area (Å²) in [5.41, 5.74) is -3.05. The largest absolute Gasteiger partial charge is 0.860 e. The maximum Gasteiger partial charge on any atom is 0.331 e. The fourth-order valence-corrected chi connectivity index (χ4v) is 4.35. The number of methoxy groups -OCH3 is 1.